The van der Waals surface area contributed by atoms with Crippen molar-refractivity contribution in [3.8, 4) is 12.3 Å². The summed E-state index contributed by atoms with van der Waals surface area (Å²) in [6, 6.07) is -0.299. The van der Waals surface area contributed by atoms with E-state index in [0.717, 1.165) is 13.0 Å². The number of quaternary nitrogens is 1. The number of amides is 3. The molecule has 0 aromatic rings. The fraction of sp³-hybridized carbons (Fsp3) is 0.692. The second-order valence-electron chi connectivity index (χ2n) is 5.89. The van der Waals surface area contributed by atoms with Crippen LogP contribution in [-0.2, 0) is 4.79 Å². The summed E-state index contributed by atoms with van der Waals surface area (Å²) in [7, 11) is 4.07. The minimum Gasteiger partial charge on any atom is -1.00 e. The van der Waals surface area contributed by atoms with Crippen LogP contribution >= 0.6 is 0 Å². The molecule has 5 nitrogen and oxygen atoms in total. The van der Waals surface area contributed by atoms with Crippen LogP contribution in [0.2, 0.25) is 0 Å². The van der Waals surface area contributed by atoms with Gasteiger partial charge in [0.1, 0.15) is 12.1 Å². The third-order valence-corrected chi connectivity index (χ3v) is 3.11. The molecule has 19 heavy (non-hydrogen) atoms. The zero-order valence-electron chi connectivity index (χ0n) is 12.0. The monoisotopic (exact) mass is 331 g/mol. The zero-order valence-corrected chi connectivity index (χ0v) is 13.6. The number of halogens is 1. The van der Waals surface area contributed by atoms with Crippen LogP contribution in [0.25, 0.3) is 0 Å². The molecule has 1 aliphatic rings. The van der Waals surface area contributed by atoms with Crippen molar-refractivity contribution in [1.29, 1.82) is 0 Å². The van der Waals surface area contributed by atoms with E-state index in [2.05, 4.69) is 11.2 Å². The van der Waals surface area contributed by atoms with Crippen molar-refractivity contribution in [2.75, 3.05) is 33.7 Å². The molecule has 0 bridgehead atoms. The SMILES string of the molecule is C#CC[N+](C)(C)CCCN1C(=O)NC(C)(C)C1=O.[Br-]. The van der Waals surface area contributed by atoms with E-state index in [0.29, 0.717) is 17.6 Å². The molecule has 0 aliphatic carbocycles. The van der Waals surface area contributed by atoms with Gasteiger partial charge < -0.3 is 26.8 Å². The van der Waals surface area contributed by atoms with Gasteiger partial charge in [-0.2, -0.15) is 0 Å². The molecular weight excluding hydrogens is 310 g/mol. The maximum atomic E-state index is 11.9. The van der Waals surface area contributed by atoms with Gasteiger partial charge in [-0.15, -0.1) is 6.42 Å². The summed E-state index contributed by atoms with van der Waals surface area (Å²) in [5.41, 5.74) is -0.778. The Morgan fingerprint density at radius 1 is 1.37 bits per heavy atom. The average Bonchev–Trinajstić information content (AvgIpc) is 2.39. The average molecular weight is 332 g/mol. The van der Waals surface area contributed by atoms with E-state index in [1.54, 1.807) is 13.8 Å². The number of urea groups is 1. The van der Waals surface area contributed by atoms with Gasteiger partial charge in [0.25, 0.3) is 5.91 Å². The van der Waals surface area contributed by atoms with Gasteiger partial charge in [-0.1, -0.05) is 0 Å². The van der Waals surface area contributed by atoms with Crippen molar-refractivity contribution in [3.63, 3.8) is 0 Å². The van der Waals surface area contributed by atoms with Gasteiger partial charge in [-0.25, -0.2) is 4.79 Å². The van der Waals surface area contributed by atoms with Crippen LogP contribution in [0.15, 0.2) is 0 Å². The van der Waals surface area contributed by atoms with Crippen LogP contribution in [0.4, 0.5) is 4.79 Å². The van der Waals surface area contributed by atoms with Crippen LogP contribution in [-0.4, -0.2) is 60.6 Å². The summed E-state index contributed by atoms with van der Waals surface area (Å²) in [5.74, 6) is 2.47. The van der Waals surface area contributed by atoms with Gasteiger partial charge in [0.05, 0.1) is 20.6 Å². The summed E-state index contributed by atoms with van der Waals surface area (Å²) >= 11 is 0. The molecule has 1 saturated heterocycles. The number of terminal acetylenes is 1. The highest BCUT2D eigenvalue weighted by Gasteiger charge is 2.43. The predicted molar refractivity (Wildman–Crippen MR) is 69.6 cm³/mol. The molecule has 1 rings (SSSR count). The molecule has 0 atom stereocenters. The lowest BCUT2D eigenvalue weighted by molar-refractivity contribution is -0.883. The molecule has 3 amide bonds. The van der Waals surface area contributed by atoms with E-state index in [9.17, 15) is 9.59 Å². The maximum Gasteiger partial charge on any atom is 0.325 e. The molecule has 108 valence electrons. The number of nitrogens with one attached hydrogen (secondary N) is 1. The second kappa shape index (κ2) is 6.40. The zero-order chi connectivity index (χ0) is 14.0. The number of imide groups is 1. The molecule has 1 N–H and O–H groups in total. The van der Waals surface area contributed by atoms with Gasteiger partial charge >= 0.3 is 6.03 Å². The molecule has 0 radical (unpaired) electrons. The number of rotatable bonds is 5. The second-order valence-corrected chi connectivity index (χ2v) is 5.89. The number of hydrogen-bond acceptors (Lipinski definition) is 2. The van der Waals surface area contributed by atoms with E-state index in [4.69, 9.17) is 6.42 Å². The molecule has 0 saturated carbocycles. The number of hydrogen-bond donors (Lipinski definition) is 1. The van der Waals surface area contributed by atoms with Crippen LogP contribution in [0.3, 0.4) is 0 Å². The van der Waals surface area contributed by atoms with Crippen molar-refractivity contribution in [3.05, 3.63) is 0 Å². The first-order valence-corrected chi connectivity index (χ1v) is 6.09. The topological polar surface area (TPSA) is 49.4 Å². The highest BCUT2D eigenvalue weighted by molar-refractivity contribution is 6.06. The highest BCUT2D eigenvalue weighted by Crippen LogP contribution is 2.16. The van der Waals surface area contributed by atoms with Gasteiger partial charge in [0.2, 0.25) is 0 Å². The molecule has 0 aromatic heterocycles. The van der Waals surface area contributed by atoms with E-state index < -0.39 is 5.54 Å². The lowest BCUT2D eigenvalue weighted by Gasteiger charge is -2.28. The summed E-state index contributed by atoms with van der Waals surface area (Å²) in [5, 5.41) is 2.67. The Kier molecular flexibility index (Phi) is 6.04. The third-order valence-electron chi connectivity index (χ3n) is 3.11. The van der Waals surface area contributed by atoms with Crippen molar-refractivity contribution in [2.45, 2.75) is 25.8 Å². The fourth-order valence-electron chi connectivity index (χ4n) is 2.00. The van der Waals surface area contributed by atoms with Gasteiger partial charge in [-0.05, 0) is 19.8 Å². The largest absolute Gasteiger partial charge is 1.00 e. The van der Waals surface area contributed by atoms with E-state index in [1.165, 1.54) is 4.90 Å². The van der Waals surface area contributed by atoms with Gasteiger partial charge in [-0.3, -0.25) is 9.69 Å². The highest BCUT2D eigenvalue weighted by atomic mass is 79.9. The Bertz CT molecular complexity index is 399. The summed E-state index contributed by atoms with van der Waals surface area (Å²) in [6.45, 7) is 5.35. The lowest BCUT2D eigenvalue weighted by Crippen LogP contribution is -3.00. The van der Waals surface area contributed by atoms with E-state index >= 15 is 0 Å². The first-order chi connectivity index (χ1) is 8.19. The molecule has 0 spiro atoms. The first kappa shape index (κ1) is 17.9. The molecule has 1 aliphatic heterocycles. The maximum absolute atomic E-state index is 11.9. The van der Waals surface area contributed by atoms with Crippen LogP contribution in [0.5, 0.6) is 0 Å². The molecular formula is C13H22BrN3O2. The standard InChI is InChI=1S/C13H21N3O2.BrH/c1-6-9-16(4,5)10-7-8-15-11(17)13(2,3)14-12(15)18;/h1H,7-10H2,2-5H3;1H. The Labute approximate surface area is 125 Å². The predicted octanol–water partition coefficient (Wildman–Crippen LogP) is -2.58. The van der Waals surface area contributed by atoms with E-state index in [-0.39, 0.29) is 28.9 Å². The molecule has 1 heterocycles. The number of nitrogens with zero attached hydrogens (tertiary/aromatic N) is 2. The Morgan fingerprint density at radius 2 is 1.95 bits per heavy atom. The molecule has 1 fully saturated rings. The summed E-state index contributed by atoms with van der Waals surface area (Å²) < 4.78 is 0.698. The minimum absolute atomic E-state index is 0. The molecule has 0 aromatic carbocycles. The number of carbonyl (C=O) groups excluding carboxylic acids is 2. The quantitative estimate of drug-likeness (QED) is 0.342. The Balaban J connectivity index is 0.00000324. The van der Waals surface area contributed by atoms with Gasteiger partial charge in [0, 0.05) is 13.0 Å². The van der Waals surface area contributed by atoms with Crippen molar-refractivity contribution in [1.82, 2.24) is 10.2 Å². The molecule has 0 unspecified atom stereocenters. The minimum atomic E-state index is -0.778. The van der Waals surface area contributed by atoms with Crippen molar-refractivity contribution >= 4 is 11.9 Å². The van der Waals surface area contributed by atoms with Crippen molar-refractivity contribution < 1.29 is 31.1 Å². The van der Waals surface area contributed by atoms with Crippen molar-refractivity contribution in [2.24, 2.45) is 0 Å². The third kappa shape index (κ3) is 4.51. The molecule has 6 heteroatoms. The summed E-state index contributed by atoms with van der Waals surface area (Å²) in [6.07, 6.45) is 6.05. The van der Waals surface area contributed by atoms with E-state index in [1.807, 2.05) is 14.1 Å². The Hall–Kier alpha value is -1.06. The first-order valence-electron chi connectivity index (χ1n) is 6.09. The smallest absolute Gasteiger partial charge is 0.325 e. The lowest BCUT2D eigenvalue weighted by atomic mass is 10.1. The normalized spacial score (nSPS) is 17.7. The fourth-order valence-corrected chi connectivity index (χ4v) is 2.00. The number of carbonyl (C=O) groups is 2. The van der Waals surface area contributed by atoms with Crippen LogP contribution < -0.4 is 22.3 Å². The van der Waals surface area contributed by atoms with Crippen LogP contribution in [0.1, 0.15) is 20.3 Å². The summed E-state index contributed by atoms with van der Waals surface area (Å²) in [4.78, 5) is 24.8. The Morgan fingerprint density at radius 3 is 2.37 bits per heavy atom. The van der Waals surface area contributed by atoms with Gasteiger partial charge in [0.15, 0.2) is 0 Å². The van der Waals surface area contributed by atoms with Crippen LogP contribution in [0, 0.1) is 12.3 Å².